The minimum atomic E-state index is -3.40. The van der Waals surface area contributed by atoms with Crippen molar-refractivity contribution in [2.45, 2.75) is 44.7 Å². The van der Waals surface area contributed by atoms with Crippen LogP contribution < -0.4 is 5.32 Å². The monoisotopic (exact) mass is 429 g/mol. The Hall–Kier alpha value is -2.22. The van der Waals surface area contributed by atoms with E-state index in [2.05, 4.69) is 24.1 Å². The van der Waals surface area contributed by atoms with Gasteiger partial charge in [0.05, 0.1) is 4.90 Å². The molecule has 2 aromatic rings. The average molecular weight is 430 g/mol. The van der Waals surface area contributed by atoms with E-state index in [9.17, 15) is 13.2 Å². The van der Waals surface area contributed by atoms with Gasteiger partial charge in [0.25, 0.3) is 5.91 Å². The third-order valence-corrected chi connectivity index (χ3v) is 7.51. The molecule has 2 aromatic carbocycles. The van der Waals surface area contributed by atoms with Crippen molar-refractivity contribution < 1.29 is 13.2 Å². The van der Waals surface area contributed by atoms with E-state index in [0.29, 0.717) is 30.1 Å². The maximum atomic E-state index is 12.6. The van der Waals surface area contributed by atoms with Crippen molar-refractivity contribution in [2.75, 3.05) is 26.2 Å². The Bertz CT molecular complexity index is 931. The van der Waals surface area contributed by atoms with Crippen LogP contribution in [-0.4, -0.2) is 49.7 Å². The second-order valence-electron chi connectivity index (χ2n) is 7.60. The maximum Gasteiger partial charge on any atom is 0.251 e. The number of nitrogens with one attached hydrogen (secondary N) is 1. The lowest BCUT2D eigenvalue weighted by atomic mass is 10.1. The summed E-state index contributed by atoms with van der Waals surface area (Å²) in [5, 5.41) is 2.90. The Morgan fingerprint density at radius 3 is 2.07 bits per heavy atom. The number of carbonyl (C=O) groups is 1. The lowest BCUT2D eigenvalue weighted by Crippen LogP contribution is -2.28. The summed E-state index contributed by atoms with van der Waals surface area (Å²) in [6, 6.07) is 14.4. The van der Waals surface area contributed by atoms with E-state index in [4.69, 9.17) is 0 Å². The van der Waals surface area contributed by atoms with Gasteiger partial charge in [-0.15, -0.1) is 0 Å². The summed E-state index contributed by atoms with van der Waals surface area (Å²) in [7, 11) is -3.40. The normalized spacial score (nSPS) is 14.9. The van der Waals surface area contributed by atoms with Crippen LogP contribution in [0.4, 0.5) is 0 Å². The van der Waals surface area contributed by atoms with Gasteiger partial charge in [-0.2, -0.15) is 4.31 Å². The molecule has 162 valence electrons. The molecule has 30 heavy (non-hydrogen) atoms. The standard InChI is InChI=1S/C23H31N3O3S/c1-3-25(4-2)18-20-7-11-21(12-8-20)23(27)24-17-19-9-13-22(14-10-19)30(28,29)26-15-5-6-16-26/h7-14H,3-6,15-18H2,1-2H3,(H,24,27). The van der Waals surface area contributed by atoms with Gasteiger partial charge in [0.2, 0.25) is 10.0 Å². The van der Waals surface area contributed by atoms with Crippen LogP contribution in [-0.2, 0) is 23.1 Å². The first kappa shape index (κ1) is 22.5. The van der Waals surface area contributed by atoms with Crippen LogP contribution >= 0.6 is 0 Å². The summed E-state index contributed by atoms with van der Waals surface area (Å²) < 4.78 is 26.7. The molecule has 1 saturated heterocycles. The maximum absolute atomic E-state index is 12.6. The lowest BCUT2D eigenvalue weighted by molar-refractivity contribution is 0.0951. The molecule has 1 aliphatic heterocycles. The van der Waals surface area contributed by atoms with Crippen molar-refractivity contribution in [1.82, 2.24) is 14.5 Å². The first-order chi connectivity index (χ1) is 14.4. The molecule has 3 rings (SSSR count). The van der Waals surface area contributed by atoms with Crippen LogP contribution in [0, 0.1) is 0 Å². The zero-order valence-electron chi connectivity index (χ0n) is 17.8. The molecule has 0 unspecified atom stereocenters. The highest BCUT2D eigenvalue weighted by Gasteiger charge is 2.26. The van der Waals surface area contributed by atoms with E-state index >= 15 is 0 Å². The van der Waals surface area contributed by atoms with Crippen LogP contribution in [0.3, 0.4) is 0 Å². The minimum Gasteiger partial charge on any atom is -0.348 e. The van der Waals surface area contributed by atoms with E-state index < -0.39 is 10.0 Å². The molecule has 0 spiro atoms. The number of hydrogen-bond acceptors (Lipinski definition) is 4. The van der Waals surface area contributed by atoms with E-state index in [1.807, 2.05) is 24.3 Å². The summed E-state index contributed by atoms with van der Waals surface area (Å²) in [6.45, 7) is 8.68. The fourth-order valence-electron chi connectivity index (χ4n) is 3.61. The third kappa shape index (κ3) is 5.47. The Morgan fingerprint density at radius 1 is 0.933 bits per heavy atom. The lowest BCUT2D eigenvalue weighted by Gasteiger charge is -2.18. The molecule has 0 atom stereocenters. The summed E-state index contributed by atoms with van der Waals surface area (Å²) >= 11 is 0. The Labute approximate surface area is 179 Å². The quantitative estimate of drug-likeness (QED) is 0.664. The van der Waals surface area contributed by atoms with Crippen molar-refractivity contribution >= 4 is 15.9 Å². The van der Waals surface area contributed by atoms with Gasteiger partial charge in [0.1, 0.15) is 0 Å². The third-order valence-electron chi connectivity index (χ3n) is 5.60. The molecular weight excluding hydrogens is 398 g/mol. The SMILES string of the molecule is CCN(CC)Cc1ccc(C(=O)NCc2ccc(S(=O)(=O)N3CCCC3)cc2)cc1. The summed E-state index contributed by atoms with van der Waals surface area (Å²) in [5.41, 5.74) is 2.67. The molecule has 1 aliphatic rings. The largest absolute Gasteiger partial charge is 0.348 e. The molecule has 6 nitrogen and oxygen atoms in total. The number of benzene rings is 2. The fraction of sp³-hybridized carbons (Fsp3) is 0.435. The Morgan fingerprint density at radius 2 is 1.50 bits per heavy atom. The van der Waals surface area contributed by atoms with Crippen molar-refractivity contribution in [1.29, 1.82) is 0 Å². The van der Waals surface area contributed by atoms with Crippen molar-refractivity contribution in [3.8, 4) is 0 Å². The van der Waals surface area contributed by atoms with Crippen LogP contribution in [0.1, 0.15) is 48.2 Å². The van der Waals surface area contributed by atoms with E-state index in [-0.39, 0.29) is 5.91 Å². The van der Waals surface area contributed by atoms with Gasteiger partial charge in [-0.25, -0.2) is 8.42 Å². The first-order valence-corrected chi connectivity index (χ1v) is 12.1. The van der Waals surface area contributed by atoms with E-state index in [1.165, 1.54) is 9.87 Å². The highest BCUT2D eigenvalue weighted by molar-refractivity contribution is 7.89. The number of carbonyl (C=O) groups excluding carboxylic acids is 1. The predicted molar refractivity (Wildman–Crippen MR) is 119 cm³/mol. The second kappa shape index (κ2) is 10.2. The average Bonchev–Trinajstić information content (AvgIpc) is 3.32. The zero-order valence-corrected chi connectivity index (χ0v) is 18.6. The predicted octanol–water partition coefficient (Wildman–Crippen LogP) is 3.24. The van der Waals surface area contributed by atoms with Gasteiger partial charge in [-0.05, 0) is 61.3 Å². The van der Waals surface area contributed by atoms with Crippen LogP contribution in [0.15, 0.2) is 53.4 Å². The topological polar surface area (TPSA) is 69.7 Å². The summed E-state index contributed by atoms with van der Waals surface area (Å²) in [6.07, 6.45) is 1.83. The number of nitrogens with zero attached hydrogens (tertiary/aromatic N) is 2. The number of hydrogen-bond donors (Lipinski definition) is 1. The number of amides is 1. The van der Waals surface area contributed by atoms with Crippen LogP contribution in [0.25, 0.3) is 0 Å². The molecule has 7 heteroatoms. The van der Waals surface area contributed by atoms with E-state index in [0.717, 1.165) is 38.0 Å². The molecule has 0 bridgehead atoms. The highest BCUT2D eigenvalue weighted by Crippen LogP contribution is 2.21. The first-order valence-electron chi connectivity index (χ1n) is 10.6. The van der Waals surface area contributed by atoms with Gasteiger partial charge in [-0.1, -0.05) is 38.1 Å². The molecule has 1 heterocycles. The fourth-order valence-corrected chi connectivity index (χ4v) is 5.13. The summed E-state index contributed by atoms with van der Waals surface area (Å²) in [4.78, 5) is 15.1. The van der Waals surface area contributed by atoms with Gasteiger partial charge in [0, 0.05) is 31.7 Å². The number of sulfonamides is 1. The minimum absolute atomic E-state index is 0.141. The van der Waals surface area contributed by atoms with Gasteiger partial charge in [0.15, 0.2) is 0 Å². The Balaban J connectivity index is 1.55. The number of rotatable bonds is 9. The molecule has 1 amide bonds. The van der Waals surface area contributed by atoms with Gasteiger partial charge < -0.3 is 5.32 Å². The Kier molecular flexibility index (Phi) is 7.64. The van der Waals surface area contributed by atoms with E-state index in [1.54, 1.807) is 24.3 Å². The smallest absolute Gasteiger partial charge is 0.251 e. The molecule has 1 N–H and O–H groups in total. The van der Waals surface area contributed by atoms with Gasteiger partial charge in [-0.3, -0.25) is 9.69 Å². The van der Waals surface area contributed by atoms with Gasteiger partial charge >= 0.3 is 0 Å². The molecule has 0 aromatic heterocycles. The highest BCUT2D eigenvalue weighted by atomic mass is 32.2. The van der Waals surface area contributed by atoms with Crippen molar-refractivity contribution in [3.63, 3.8) is 0 Å². The van der Waals surface area contributed by atoms with Crippen molar-refractivity contribution in [2.24, 2.45) is 0 Å². The molecule has 0 radical (unpaired) electrons. The van der Waals surface area contributed by atoms with Crippen LogP contribution in [0.2, 0.25) is 0 Å². The summed E-state index contributed by atoms with van der Waals surface area (Å²) in [5.74, 6) is -0.141. The molecule has 1 fully saturated rings. The second-order valence-corrected chi connectivity index (χ2v) is 9.53. The van der Waals surface area contributed by atoms with Crippen LogP contribution in [0.5, 0.6) is 0 Å². The zero-order chi connectivity index (χ0) is 21.6. The molecule has 0 saturated carbocycles. The van der Waals surface area contributed by atoms with Crippen molar-refractivity contribution in [3.05, 3.63) is 65.2 Å². The molecular formula is C23H31N3O3S. The molecule has 0 aliphatic carbocycles.